The van der Waals surface area contributed by atoms with Crippen molar-refractivity contribution in [3.8, 4) is 0 Å². The number of aromatic nitrogens is 3. The molecule has 1 N–H and O–H groups in total. The zero-order valence-electron chi connectivity index (χ0n) is 10.9. The molecule has 0 aliphatic heterocycles. The molecular weight excluding hydrogens is 198 g/mol. The zero-order chi connectivity index (χ0) is 11.8. The Balaban J connectivity index is 2.66. The Morgan fingerprint density at radius 3 is 2.50 bits per heavy atom. The summed E-state index contributed by atoms with van der Waals surface area (Å²) in [7, 11) is 0. The molecule has 0 spiro atoms. The van der Waals surface area contributed by atoms with Gasteiger partial charge in [-0.15, -0.1) is 0 Å². The van der Waals surface area contributed by atoms with Crippen molar-refractivity contribution in [2.75, 3.05) is 0 Å². The quantitative estimate of drug-likeness (QED) is 0.726. The van der Waals surface area contributed by atoms with Gasteiger partial charge in [-0.05, 0) is 18.8 Å². The Kier molecular flexibility index (Phi) is 6.12. The van der Waals surface area contributed by atoms with Crippen molar-refractivity contribution in [1.82, 2.24) is 15.2 Å². The molecule has 3 nitrogen and oxygen atoms in total. The number of aromatic amines is 1. The zero-order valence-corrected chi connectivity index (χ0v) is 10.9. The van der Waals surface area contributed by atoms with Crippen LogP contribution >= 0.6 is 0 Å². The molecule has 3 heteroatoms. The second-order valence-electron chi connectivity index (χ2n) is 4.58. The molecule has 1 aromatic rings. The van der Waals surface area contributed by atoms with Crippen LogP contribution in [0.15, 0.2) is 6.33 Å². The van der Waals surface area contributed by atoms with Crippen LogP contribution in [0.2, 0.25) is 0 Å². The first-order valence-corrected chi connectivity index (χ1v) is 6.68. The summed E-state index contributed by atoms with van der Waals surface area (Å²) < 4.78 is 0. The van der Waals surface area contributed by atoms with E-state index in [9.17, 15) is 0 Å². The van der Waals surface area contributed by atoms with Gasteiger partial charge in [-0.3, -0.25) is 5.10 Å². The number of H-pyrrole nitrogens is 1. The van der Waals surface area contributed by atoms with Crippen LogP contribution in [0, 0.1) is 5.92 Å². The van der Waals surface area contributed by atoms with E-state index in [1.54, 1.807) is 6.33 Å². The summed E-state index contributed by atoms with van der Waals surface area (Å²) in [5.41, 5.74) is 0. The van der Waals surface area contributed by atoms with E-state index >= 15 is 0 Å². The topological polar surface area (TPSA) is 41.6 Å². The maximum absolute atomic E-state index is 4.35. The molecule has 0 fully saturated rings. The summed E-state index contributed by atoms with van der Waals surface area (Å²) in [6.07, 6.45) is 9.23. The molecule has 0 aromatic carbocycles. The van der Waals surface area contributed by atoms with Crippen molar-refractivity contribution in [2.24, 2.45) is 5.92 Å². The lowest BCUT2D eigenvalue weighted by Gasteiger charge is -2.23. The molecule has 0 radical (unpaired) electrons. The van der Waals surface area contributed by atoms with E-state index in [0.717, 1.165) is 11.7 Å². The molecule has 0 amide bonds. The van der Waals surface area contributed by atoms with Crippen molar-refractivity contribution < 1.29 is 0 Å². The fraction of sp³-hybridized carbons (Fsp3) is 0.846. The largest absolute Gasteiger partial charge is 0.263 e. The van der Waals surface area contributed by atoms with Crippen LogP contribution < -0.4 is 0 Å². The summed E-state index contributed by atoms with van der Waals surface area (Å²) in [6, 6.07) is 0. The van der Waals surface area contributed by atoms with E-state index < -0.39 is 0 Å². The fourth-order valence-corrected chi connectivity index (χ4v) is 2.46. The van der Waals surface area contributed by atoms with Crippen molar-refractivity contribution in [1.29, 1.82) is 0 Å². The van der Waals surface area contributed by atoms with Crippen LogP contribution in [0.5, 0.6) is 0 Å². The summed E-state index contributed by atoms with van der Waals surface area (Å²) in [4.78, 5) is 4.35. The monoisotopic (exact) mass is 223 g/mol. The van der Waals surface area contributed by atoms with Crippen LogP contribution in [0.3, 0.4) is 0 Å². The molecule has 2 atom stereocenters. The number of unbranched alkanes of at least 4 members (excludes halogenated alkanes) is 1. The second kappa shape index (κ2) is 7.42. The molecule has 0 aliphatic rings. The first kappa shape index (κ1) is 13.2. The van der Waals surface area contributed by atoms with Gasteiger partial charge in [0, 0.05) is 5.92 Å². The molecule has 0 bridgehead atoms. The van der Waals surface area contributed by atoms with E-state index in [0.29, 0.717) is 5.92 Å². The van der Waals surface area contributed by atoms with Gasteiger partial charge < -0.3 is 0 Å². The van der Waals surface area contributed by atoms with Crippen LogP contribution in [0.1, 0.15) is 71.0 Å². The van der Waals surface area contributed by atoms with Gasteiger partial charge in [0.05, 0.1) is 0 Å². The van der Waals surface area contributed by atoms with Crippen molar-refractivity contribution >= 4 is 0 Å². The maximum Gasteiger partial charge on any atom is 0.137 e. The molecule has 1 heterocycles. The smallest absolute Gasteiger partial charge is 0.137 e. The third-order valence-corrected chi connectivity index (χ3v) is 3.41. The summed E-state index contributed by atoms with van der Waals surface area (Å²) in [6.45, 7) is 6.80. The number of rotatable bonds is 8. The van der Waals surface area contributed by atoms with E-state index in [1.165, 1.54) is 38.5 Å². The molecule has 1 aromatic heterocycles. The average Bonchev–Trinajstić information content (AvgIpc) is 2.82. The summed E-state index contributed by atoms with van der Waals surface area (Å²) in [5.74, 6) is 2.42. The van der Waals surface area contributed by atoms with Gasteiger partial charge in [0.2, 0.25) is 0 Å². The fourth-order valence-electron chi connectivity index (χ4n) is 2.46. The Morgan fingerprint density at radius 1 is 1.19 bits per heavy atom. The van der Waals surface area contributed by atoms with Gasteiger partial charge in [0.25, 0.3) is 0 Å². The Bertz CT molecular complexity index is 256. The Labute approximate surface area is 99.1 Å². The average molecular weight is 223 g/mol. The normalized spacial score (nSPS) is 14.9. The molecule has 0 saturated heterocycles. The van der Waals surface area contributed by atoms with Crippen molar-refractivity contribution in [2.45, 2.75) is 65.2 Å². The lowest BCUT2D eigenvalue weighted by Crippen LogP contribution is -2.14. The number of nitrogens with zero attached hydrogens (tertiary/aromatic N) is 2. The molecule has 16 heavy (non-hydrogen) atoms. The standard InChI is InChI=1S/C13H25N3/c1-4-7-9-11(6-3)12(8-5-2)13-14-10-15-16-13/h10-12H,4-9H2,1-3H3,(H,14,15,16). The highest BCUT2D eigenvalue weighted by atomic mass is 15.2. The Hall–Kier alpha value is -0.860. The predicted octanol–water partition coefficient (Wildman–Crippen LogP) is 3.90. The van der Waals surface area contributed by atoms with Crippen molar-refractivity contribution in [3.05, 3.63) is 12.2 Å². The Morgan fingerprint density at radius 2 is 2.00 bits per heavy atom. The van der Waals surface area contributed by atoms with Gasteiger partial charge >= 0.3 is 0 Å². The SMILES string of the molecule is CCCCC(CC)C(CCC)c1ncn[nH]1. The van der Waals surface area contributed by atoms with E-state index in [4.69, 9.17) is 0 Å². The minimum Gasteiger partial charge on any atom is -0.263 e. The predicted molar refractivity (Wildman–Crippen MR) is 67.3 cm³/mol. The number of nitrogens with one attached hydrogen (secondary N) is 1. The maximum atomic E-state index is 4.35. The highest BCUT2D eigenvalue weighted by molar-refractivity contribution is 4.96. The molecule has 2 unspecified atom stereocenters. The van der Waals surface area contributed by atoms with E-state index in [1.807, 2.05) is 0 Å². The van der Waals surface area contributed by atoms with Crippen LogP contribution in [0.4, 0.5) is 0 Å². The molecule has 92 valence electrons. The minimum atomic E-state index is 0.573. The van der Waals surface area contributed by atoms with E-state index in [2.05, 4.69) is 36.0 Å². The van der Waals surface area contributed by atoms with Gasteiger partial charge in [0.1, 0.15) is 12.2 Å². The highest BCUT2D eigenvalue weighted by Gasteiger charge is 2.22. The third kappa shape index (κ3) is 3.62. The van der Waals surface area contributed by atoms with Crippen molar-refractivity contribution in [3.63, 3.8) is 0 Å². The third-order valence-electron chi connectivity index (χ3n) is 3.41. The van der Waals surface area contributed by atoms with Crippen LogP contribution in [-0.2, 0) is 0 Å². The van der Waals surface area contributed by atoms with Gasteiger partial charge in [-0.25, -0.2) is 4.98 Å². The second-order valence-corrected chi connectivity index (χ2v) is 4.58. The molecule has 0 aliphatic carbocycles. The lowest BCUT2D eigenvalue weighted by molar-refractivity contribution is 0.343. The minimum absolute atomic E-state index is 0.573. The number of hydrogen-bond donors (Lipinski definition) is 1. The van der Waals surface area contributed by atoms with Crippen LogP contribution in [0.25, 0.3) is 0 Å². The van der Waals surface area contributed by atoms with Gasteiger partial charge in [-0.2, -0.15) is 5.10 Å². The van der Waals surface area contributed by atoms with Gasteiger partial charge in [0.15, 0.2) is 0 Å². The van der Waals surface area contributed by atoms with E-state index in [-0.39, 0.29) is 0 Å². The number of hydrogen-bond acceptors (Lipinski definition) is 2. The lowest BCUT2D eigenvalue weighted by atomic mass is 9.82. The van der Waals surface area contributed by atoms with Gasteiger partial charge in [-0.1, -0.05) is 46.5 Å². The first-order chi connectivity index (χ1) is 7.83. The summed E-state index contributed by atoms with van der Waals surface area (Å²) in [5, 5.41) is 7.04. The molecule has 1 rings (SSSR count). The summed E-state index contributed by atoms with van der Waals surface area (Å²) >= 11 is 0. The first-order valence-electron chi connectivity index (χ1n) is 6.68. The van der Waals surface area contributed by atoms with Crippen LogP contribution in [-0.4, -0.2) is 15.2 Å². The molecule has 0 saturated carbocycles. The highest BCUT2D eigenvalue weighted by Crippen LogP contribution is 2.32. The molecular formula is C13H25N3.